The average molecular weight is 480 g/mol. The predicted molar refractivity (Wildman–Crippen MR) is 140 cm³/mol. The zero-order valence-electron chi connectivity index (χ0n) is 21.1. The van der Waals surface area contributed by atoms with Gasteiger partial charge in [0.25, 0.3) is 5.91 Å². The lowest BCUT2D eigenvalue weighted by Gasteiger charge is -2.26. The first-order valence-corrected chi connectivity index (χ1v) is 12.0. The number of hydrogen-bond acceptors (Lipinski definition) is 5. The van der Waals surface area contributed by atoms with E-state index in [1.807, 2.05) is 67.2 Å². The van der Waals surface area contributed by atoms with Gasteiger partial charge in [0.1, 0.15) is 12.7 Å². The van der Waals surface area contributed by atoms with Gasteiger partial charge in [0, 0.05) is 18.7 Å². The van der Waals surface area contributed by atoms with Crippen molar-refractivity contribution in [1.82, 2.24) is 34.4 Å². The maximum Gasteiger partial charge on any atom is 0.254 e. The molecule has 0 N–H and O–H groups in total. The van der Waals surface area contributed by atoms with Gasteiger partial charge in [-0.1, -0.05) is 36.4 Å². The standard InChI is InChI=1S/C28H29N7O/c1-18(2)35-27-25(15-30-35)24(14-26(32-27)23-9-7-6-8-19(23)3)28(36)33(5)20(4)21-10-12-22(13-11-21)34-17-29-16-31-34/h6-18,20H,1-5H3. The summed E-state index contributed by atoms with van der Waals surface area (Å²) in [7, 11) is 1.84. The van der Waals surface area contributed by atoms with Crippen molar-refractivity contribution in [2.45, 2.75) is 39.8 Å². The molecule has 0 aliphatic rings. The topological polar surface area (TPSA) is 81.7 Å². The van der Waals surface area contributed by atoms with Crippen molar-refractivity contribution >= 4 is 16.9 Å². The molecule has 0 saturated heterocycles. The monoisotopic (exact) mass is 479 g/mol. The number of benzene rings is 2. The Balaban J connectivity index is 1.54. The maximum absolute atomic E-state index is 13.9. The average Bonchev–Trinajstić information content (AvgIpc) is 3.58. The second kappa shape index (κ2) is 9.37. The number of carbonyl (C=O) groups is 1. The van der Waals surface area contributed by atoms with Crippen molar-refractivity contribution in [2.75, 3.05) is 7.05 Å². The molecule has 0 fully saturated rings. The minimum atomic E-state index is -0.146. The number of hydrogen-bond donors (Lipinski definition) is 0. The zero-order chi connectivity index (χ0) is 25.4. The Morgan fingerprint density at radius 1 is 1.00 bits per heavy atom. The highest BCUT2D eigenvalue weighted by atomic mass is 16.2. The van der Waals surface area contributed by atoms with Gasteiger partial charge in [-0.3, -0.25) is 4.79 Å². The smallest absolute Gasteiger partial charge is 0.254 e. The van der Waals surface area contributed by atoms with Crippen LogP contribution in [-0.4, -0.2) is 47.4 Å². The molecule has 36 heavy (non-hydrogen) atoms. The van der Waals surface area contributed by atoms with Crippen molar-refractivity contribution in [3.05, 3.63) is 90.1 Å². The van der Waals surface area contributed by atoms with Crippen LogP contribution in [0.25, 0.3) is 28.0 Å². The highest BCUT2D eigenvalue weighted by Crippen LogP contribution is 2.30. The molecule has 0 bridgehead atoms. The molecule has 0 aliphatic carbocycles. The van der Waals surface area contributed by atoms with Crippen LogP contribution < -0.4 is 0 Å². The second-order valence-corrected chi connectivity index (χ2v) is 9.31. The molecule has 0 aliphatic heterocycles. The van der Waals surface area contributed by atoms with E-state index in [9.17, 15) is 4.79 Å². The molecule has 0 saturated carbocycles. The molecular formula is C28H29N7O. The van der Waals surface area contributed by atoms with E-state index in [2.05, 4.69) is 42.0 Å². The second-order valence-electron chi connectivity index (χ2n) is 9.31. The predicted octanol–water partition coefficient (Wildman–Crippen LogP) is 5.40. The molecule has 8 heteroatoms. The highest BCUT2D eigenvalue weighted by Gasteiger charge is 2.24. The SMILES string of the molecule is Cc1ccccc1-c1cc(C(=O)N(C)C(C)c2ccc(-n3cncn3)cc2)c2cnn(C(C)C)c2n1. The first kappa shape index (κ1) is 23.4. The Hall–Kier alpha value is -4.33. The summed E-state index contributed by atoms with van der Waals surface area (Å²) in [4.78, 5) is 24.6. The fourth-order valence-electron chi connectivity index (χ4n) is 4.41. The molecule has 1 amide bonds. The molecule has 182 valence electrons. The zero-order valence-corrected chi connectivity index (χ0v) is 21.1. The van der Waals surface area contributed by atoms with Crippen molar-refractivity contribution in [1.29, 1.82) is 0 Å². The van der Waals surface area contributed by atoms with E-state index in [1.54, 1.807) is 22.1 Å². The third-order valence-corrected chi connectivity index (χ3v) is 6.67. The summed E-state index contributed by atoms with van der Waals surface area (Å²) < 4.78 is 3.58. The summed E-state index contributed by atoms with van der Waals surface area (Å²) in [6.07, 6.45) is 4.92. The van der Waals surface area contributed by atoms with E-state index in [-0.39, 0.29) is 18.0 Å². The molecule has 5 aromatic rings. The summed E-state index contributed by atoms with van der Waals surface area (Å²) in [6.45, 7) is 8.21. The number of rotatable bonds is 6. The van der Waals surface area contributed by atoms with E-state index in [0.29, 0.717) is 11.2 Å². The highest BCUT2D eigenvalue weighted by molar-refractivity contribution is 6.06. The lowest BCUT2D eigenvalue weighted by Crippen LogP contribution is -2.30. The van der Waals surface area contributed by atoms with Crippen LogP contribution in [0.5, 0.6) is 0 Å². The quantitative estimate of drug-likeness (QED) is 0.326. The number of pyridine rings is 1. The Bertz CT molecular complexity index is 1520. The Morgan fingerprint density at radius 3 is 2.42 bits per heavy atom. The van der Waals surface area contributed by atoms with Gasteiger partial charge in [-0.25, -0.2) is 19.3 Å². The van der Waals surface area contributed by atoms with Crippen molar-refractivity contribution in [3.63, 3.8) is 0 Å². The normalized spacial score (nSPS) is 12.3. The first-order valence-electron chi connectivity index (χ1n) is 12.0. The molecule has 3 aromatic heterocycles. The van der Waals surface area contributed by atoms with Crippen molar-refractivity contribution in [3.8, 4) is 16.9 Å². The molecular weight excluding hydrogens is 450 g/mol. The third kappa shape index (κ3) is 4.15. The van der Waals surface area contributed by atoms with E-state index >= 15 is 0 Å². The lowest BCUT2D eigenvalue weighted by atomic mass is 10.0. The summed E-state index contributed by atoms with van der Waals surface area (Å²) in [5.74, 6) is -0.0756. The molecule has 5 rings (SSSR count). The summed E-state index contributed by atoms with van der Waals surface area (Å²) in [5.41, 5.74) is 6.13. The Labute approximate surface area is 210 Å². The fourth-order valence-corrected chi connectivity index (χ4v) is 4.41. The van der Waals surface area contributed by atoms with E-state index in [4.69, 9.17) is 4.98 Å². The maximum atomic E-state index is 13.9. The van der Waals surface area contributed by atoms with Crippen LogP contribution in [0.15, 0.2) is 73.4 Å². The number of nitrogens with zero attached hydrogens (tertiary/aromatic N) is 7. The molecule has 2 aromatic carbocycles. The van der Waals surface area contributed by atoms with E-state index < -0.39 is 0 Å². The van der Waals surface area contributed by atoms with E-state index in [0.717, 1.165) is 33.5 Å². The van der Waals surface area contributed by atoms with Crippen LogP contribution in [-0.2, 0) is 0 Å². The first-order chi connectivity index (χ1) is 17.3. The third-order valence-electron chi connectivity index (χ3n) is 6.67. The van der Waals surface area contributed by atoms with Crippen LogP contribution >= 0.6 is 0 Å². The molecule has 0 spiro atoms. The van der Waals surface area contributed by atoms with Gasteiger partial charge in [-0.15, -0.1) is 0 Å². The molecule has 0 radical (unpaired) electrons. The van der Waals surface area contributed by atoms with Gasteiger partial charge in [0.15, 0.2) is 5.65 Å². The molecule has 3 heterocycles. The van der Waals surface area contributed by atoms with Crippen LogP contribution in [0.3, 0.4) is 0 Å². The largest absolute Gasteiger partial charge is 0.335 e. The van der Waals surface area contributed by atoms with Gasteiger partial charge < -0.3 is 4.90 Å². The fraction of sp³-hybridized carbons (Fsp3) is 0.250. The van der Waals surface area contributed by atoms with Crippen LogP contribution in [0.2, 0.25) is 0 Å². The summed E-state index contributed by atoms with van der Waals surface area (Å²) in [6, 6.07) is 18.0. The number of fused-ring (bicyclic) bond motifs is 1. The van der Waals surface area contributed by atoms with Crippen LogP contribution in [0.4, 0.5) is 0 Å². The summed E-state index contributed by atoms with van der Waals surface area (Å²) >= 11 is 0. The van der Waals surface area contributed by atoms with Gasteiger partial charge >= 0.3 is 0 Å². The van der Waals surface area contributed by atoms with Gasteiger partial charge in [0.05, 0.1) is 34.6 Å². The Morgan fingerprint density at radius 2 is 1.75 bits per heavy atom. The number of aromatic nitrogens is 6. The molecule has 8 nitrogen and oxygen atoms in total. The summed E-state index contributed by atoms with van der Waals surface area (Å²) in [5, 5.41) is 9.49. The van der Waals surface area contributed by atoms with Gasteiger partial charge in [-0.05, 0) is 57.0 Å². The van der Waals surface area contributed by atoms with Crippen LogP contribution in [0.1, 0.15) is 54.3 Å². The van der Waals surface area contributed by atoms with Gasteiger partial charge in [-0.2, -0.15) is 10.2 Å². The van der Waals surface area contributed by atoms with Gasteiger partial charge in [0.2, 0.25) is 0 Å². The van der Waals surface area contributed by atoms with E-state index in [1.165, 1.54) is 6.33 Å². The number of aryl methyl sites for hydroxylation is 1. The van der Waals surface area contributed by atoms with Crippen molar-refractivity contribution < 1.29 is 4.79 Å². The minimum absolute atomic E-state index is 0.0756. The van der Waals surface area contributed by atoms with Crippen LogP contribution in [0, 0.1) is 6.92 Å². The molecule has 1 atom stereocenters. The number of carbonyl (C=O) groups excluding carboxylic acids is 1. The lowest BCUT2D eigenvalue weighted by molar-refractivity contribution is 0.0744. The minimum Gasteiger partial charge on any atom is -0.335 e. The van der Waals surface area contributed by atoms with Crippen molar-refractivity contribution in [2.24, 2.45) is 0 Å². The molecule has 1 unspecified atom stereocenters. The Kier molecular flexibility index (Phi) is 6.10. The number of amides is 1.